The van der Waals surface area contributed by atoms with E-state index in [0.29, 0.717) is 5.88 Å². The molecule has 0 spiro atoms. The van der Waals surface area contributed by atoms with Gasteiger partial charge in [-0.3, -0.25) is 0 Å². The molecule has 102 valence electrons. The van der Waals surface area contributed by atoms with Crippen LogP contribution in [0.4, 0.5) is 0 Å². The zero-order valence-corrected chi connectivity index (χ0v) is 11.0. The summed E-state index contributed by atoms with van der Waals surface area (Å²) in [6.07, 6.45) is 5.84. The highest BCUT2D eigenvalue weighted by atomic mass is 16.5. The summed E-state index contributed by atoms with van der Waals surface area (Å²) in [6.45, 7) is 0. The van der Waals surface area contributed by atoms with Gasteiger partial charge >= 0.3 is 5.97 Å². The maximum absolute atomic E-state index is 10.8. The SMILES string of the molecule is O=C(O)c1ccc(Oc2cccc3c2CCCC3)nc1. The first-order chi connectivity index (χ1) is 9.74. The largest absolute Gasteiger partial charge is 0.478 e. The molecule has 0 atom stereocenters. The molecule has 0 saturated carbocycles. The molecule has 1 aliphatic rings. The van der Waals surface area contributed by atoms with Crippen LogP contribution >= 0.6 is 0 Å². The van der Waals surface area contributed by atoms with Gasteiger partial charge in [-0.25, -0.2) is 9.78 Å². The Bertz CT molecular complexity index is 635. The smallest absolute Gasteiger partial charge is 0.337 e. The van der Waals surface area contributed by atoms with Crippen molar-refractivity contribution in [3.8, 4) is 11.6 Å². The van der Waals surface area contributed by atoms with E-state index in [2.05, 4.69) is 11.1 Å². The van der Waals surface area contributed by atoms with E-state index in [9.17, 15) is 4.79 Å². The molecule has 1 aliphatic carbocycles. The van der Waals surface area contributed by atoms with Crippen molar-refractivity contribution in [2.75, 3.05) is 0 Å². The Morgan fingerprint density at radius 1 is 1.15 bits per heavy atom. The summed E-state index contributed by atoms with van der Waals surface area (Å²) in [5.74, 6) is 0.271. The monoisotopic (exact) mass is 269 g/mol. The zero-order valence-electron chi connectivity index (χ0n) is 11.0. The second-order valence-electron chi connectivity index (χ2n) is 4.89. The minimum absolute atomic E-state index is 0.160. The molecule has 1 aromatic carbocycles. The van der Waals surface area contributed by atoms with Crippen molar-refractivity contribution in [2.24, 2.45) is 0 Å². The number of hydrogen-bond donors (Lipinski definition) is 1. The number of carbonyl (C=O) groups is 1. The van der Waals surface area contributed by atoms with Crippen LogP contribution in [0.5, 0.6) is 11.6 Å². The summed E-state index contributed by atoms with van der Waals surface area (Å²) in [4.78, 5) is 14.8. The van der Waals surface area contributed by atoms with Gasteiger partial charge in [0.2, 0.25) is 5.88 Å². The highest BCUT2D eigenvalue weighted by Crippen LogP contribution is 2.31. The second-order valence-corrected chi connectivity index (χ2v) is 4.89. The Balaban J connectivity index is 1.86. The zero-order chi connectivity index (χ0) is 13.9. The van der Waals surface area contributed by atoms with Crippen molar-refractivity contribution in [3.05, 3.63) is 53.2 Å². The fraction of sp³-hybridized carbons (Fsp3) is 0.250. The van der Waals surface area contributed by atoms with E-state index in [4.69, 9.17) is 9.84 Å². The average Bonchev–Trinajstić information content (AvgIpc) is 2.48. The topological polar surface area (TPSA) is 59.4 Å². The van der Waals surface area contributed by atoms with Crippen LogP contribution in [0.2, 0.25) is 0 Å². The van der Waals surface area contributed by atoms with E-state index in [1.54, 1.807) is 6.07 Å². The number of ether oxygens (including phenoxy) is 1. The van der Waals surface area contributed by atoms with Crippen LogP contribution in [0.25, 0.3) is 0 Å². The molecule has 0 fully saturated rings. The van der Waals surface area contributed by atoms with Crippen LogP contribution in [0.1, 0.15) is 34.3 Å². The van der Waals surface area contributed by atoms with Gasteiger partial charge in [0.1, 0.15) is 5.75 Å². The second kappa shape index (κ2) is 5.33. The molecule has 0 amide bonds. The molecule has 3 rings (SSSR count). The summed E-state index contributed by atoms with van der Waals surface area (Å²) in [6, 6.07) is 9.16. The number of rotatable bonds is 3. The van der Waals surface area contributed by atoms with Gasteiger partial charge in [-0.1, -0.05) is 12.1 Å². The van der Waals surface area contributed by atoms with E-state index in [0.717, 1.165) is 18.6 Å². The van der Waals surface area contributed by atoms with Crippen molar-refractivity contribution in [2.45, 2.75) is 25.7 Å². The highest BCUT2D eigenvalue weighted by Gasteiger charge is 2.14. The van der Waals surface area contributed by atoms with Gasteiger partial charge in [0.25, 0.3) is 0 Å². The first-order valence-corrected chi connectivity index (χ1v) is 6.72. The number of aromatic nitrogens is 1. The normalized spacial score (nSPS) is 13.6. The maximum Gasteiger partial charge on any atom is 0.337 e. The van der Waals surface area contributed by atoms with Crippen molar-refractivity contribution in [1.82, 2.24) is 4.98 Å². The molecular weight excluding hydrogens is 254 g/mol. The Kier molecular flexibility index (Phi) is 3.37. The lowest BCUT2D eigenvalue weighted by Crippen LogP contribution is -2.04. The van der Waals surface area contributed by atoms with E-state index < -0.39 is 5.97 Å². The van der Waals surface area contributed by atoms with Gasteiger partial charge in [-0.2, -0.15) is 0 Å². The van der Waals surface area contributed by atoms with Crippen LogP contribution in [-0.4, -0.2) is 16.1 Å². The number of pyridine rings is 1. The Morgan fingerprint density at radius 2 is 2.00 bits per heavy atom. The Hall–Kier alpha value is -2.36. The lowest BCUT2D eigenvalue weighted by molar-refractivity contribution is 0.0696. The van der Waals surface area contributed by atoms with Crippen LogP contribution in [0.15, 0.2) is 36.5 Å². The number of fused-ring (bicyclic) bond motifs is 1. The molecule has 1 aromatic heterocycles. The highest BCUT2D eigenvalue weighted by molar-refractivity contribution is 5.87. The fourth-order valence-electron chi connectivity index (χ4n) is 2.52. The fourth-order valence-corrected chi connectivity index (χ4v) is 2.52. The van der Waals surface area contributed by atoms with E-state index in [1.807, 2.05) is 12.1 Å². The summed E-state index contributed by atoms with van der Waals surface area (Å²) in [7, 11) is 0. The van der Waals surface area contributed by atoms with Crippen molar-refractivity contribution < 1.29 is 14.6 Å². The number of nitrogens with zero attached hydrogens (tertiary/aromatic N) is 1. The third-order valence-corrected chi connectivity index (χ3v) is 3.55. The van der Waals surface area contributed by atoms with E-state index >= 15 is 0 Å². The molecule has 1 N–H and O–H groups in total. The molecule has 0 saturated heterocycles. The number of benzene rings is 1. The van der Waals surface area contributed by atoms with Crippen LogP contribution < -0.4 is 4.74 Å². The minimum Gasteiger partial charge on any atom is -0.478 e. The van der Waals surface area contributed by atoms with E-state index in [1.165, 1.54) is 36.2 Å². The third-order valence-electron chi connectivity index (χ3n) is 3.55. The van der Waals surface area contributed by atoms with Crippen molar-refractivity contribution >= 4 is 5.97 Å². The first-order valence-electron chi connectivity index (χ1n) is 6.72. The Labute approximate surface area is 117 Å². The lowest BCUT2D eigenvalue weighted by Gasteiger charge is -2.18. The van der Waals surface area contributed by atoms with Crippen LogP contribution in [0.3, 0.4) is 0 Å². The number of carboxylic acid groups (broad SMARTS) is 1. The molecule has 1 heterocycles. The van der Waals surface area contributed by atoms with Gasteiger partial charge in [0.15, 0.2) is 0 Å². The summed E-state index contributed by atoms with van der Waals surface area (Å²) < 4.78 is 5.81. The number of aryl methyl sites for hydroxylation is 1. The molecule has 4 heteroatoms. The molecular formula is C16H15NO3. The molecule has 0 aliphatic heterocycles. The molecule has 0 unspecified atom stereocenters. The van der Waals surface area contributed by atoms with Gasteiger partial charge in [0, 0.05) is 12.3 Å². The average molecular weight is 269 g/mol. The van der Waals surface area contributed by atoms with Gasteiger partial charge in [-0.05, 0) is 48.9 Å². The number of aromatic carboxylic acids is 1. The molecule has 2 aromatic rings. The Morgan fingerprint density at radius 3 is 2.75 bits per heavy atom. The number of carboxylic acids is 1. The molecule has 0 radical (unpaired) electrons. The minimum atomic E-state index is -0.985. The maximum atomic E-state index is 10.8. The van der Waals surface area contributed by atoms with Gasteiger partial charge in [0.05, 0.1) is 5.56 Å². The van der Waals surface area contributed by atoms with Crippen molar-refractivity contribution in [3.63, 3.8) is 0 Å². The lowest BCUT2D eigenvalue weighted by atomic mass is 9.91. The molecule has 20 heavy (non-hydrogen) atoms. The summed E-state index contributed by atoms with van der Waals surface area (Å²) >= 11 is 0. The van der Waals surface area contributed by atoms with E-state index in [-0.39, 0.29) is 5.56 Å². The summed E-state index contributed by atoms with van der Waals surface area (Å²) in [5, 5.41) is 8.84. The van der Waals surface area contributed by atoms with Crippen LogP contribution in [-0.2, 0) is 12.8 Å². The first kappa shape index (κ1) is 12.7. The summed E-state index contributed by atoms with van der Waals surface area (Å²) in [5.41, 5.74) is 2.76. The van der Waals surface area contributed by atoms with Gasteiger partial charge in [-0.15, -0.1) is 0 Å². The van der Waals surface area contributed by atoms with Crippen LogP contribution in [0, 0.1) is 0 Å². The standard InChI is InChI=1S/C16H15NO3/c18-16(19)12-8-9-15(17-10-12)20-14-7-3-5-11-4-1-2-6-13(11)14/h3,5,7-10H,1-2,4,6H2,(H,18,19). The predicted octanol–water partition coefficient (Wildman–Crippen LogP) is 3.45. The molecule has 0 bridgehead atoms. The quantitative estimate of drug-likeness (QED) is 0.927. The van der Waals surface area contributed by atoms with Crippen molar-refractivity contribution in [1.29, 1.82) is 0 Å². The number of hydrogen-bond acceptors (Lipinski definition) is 3. The predicted molar refractivity (Wildman–Crippen MR) is 74.4 cm³/mol. The van der Waals surface area contributed by atoms with Gasteiger partial charge < -0.3 is 9.84 Å². The molecule has 4 nitrogen and oxygen atoms in total. The third kappa shape index (κ3) is 2.50.